The molecule has 0 bridgehead atoms. The van der Waals surface area contributed by atoms with Crippen LogP contribution in [0, 0.1) is 0 Å². The number of halogens is 1. The van der Waals surface area contributed by atoms with E-state index in [9.17, 15) is 14.4 Å². The molecule has 0 aliphatic carbocycles. The van der Waals surface area contributed by atoms with Gasteiger partial charge in [0.25, 0.3) is 5.91 Å². The van der Waals surface area contributed by atoms with E-state index < -0.39 is 6.16 Å². The molecule has 0 spiro atoms. The van der Waals surface area contributed by atoms with Crippen LogP contribution in [0.3, 0.4) is 0 Å². The second kappa shape index (κ2) is 11.1. The molecular formula is C20H21BrN2O5. The van der Waals surface area contributed by atoms with Gasteiger partial charge in [0.05, 0.1) is 13.0 Å². The van der Waals surface area contributed by atoms with Gasteiger partial charge in [-0.3, -0.25) is 9.59 Å². The topological polar surface area (TPSA) is 93.7 Å². The third kappa shape index (κ3) is 7.03. The zero-order valence-electron chi connectivity index (χ0n) is 15.4. The van der Waals surface area contributed by atoms with E-state index in [0.717, 1.165) is 10.0 Å². The highest BCUT2D eigenvalue weighted by Gasteiger charge is 2.09. The van der Waals surface area contributed by atoms with Crippen LogP contribution in [0.1, 0.15) is 22.8 Å². The number of hydrogen-bond donors (Lipinski definition) is 2. The summed E-state index contributed by atoms with van der Waals surface area (Å²) in [4.78, 5) is 35.3. The van der Waals surface area contributed by atoms with E-state index in [2.05, 4.69) is 31.3 Å². The average molecular weight is 449 g/mol. The van der Waals surface area contributed by atoms with Gasteiger partial charge in [0.15, 0.2) is 0 Å². The number of nitrogens with one attached hydrogen (secondary N) is 2. The average Bonchev–Trinajstić information content (AvgIpc) is 2.67. The van der Waals surface area contributed by atoms with Crippen LogP contribution >= 0.6 is 15.9 Å². The molecule has 7 nitrogen and oxygen atoms in total. The van der Waals surface area contributed by atoms with Crippen molar-refractivity contribution in [1.82, 2.24) is 10.6 Å². The zero-order valence-corrected chi connectivity index (χ0v) is 17.0. The minimum absolute atomic E-state index is 0.124. The first kappa shape index (κ1) is 21.4. The van der Waals surface area contributed by atoms with E-state index in [-0.39, 0.29) is 30.6 Å². The number of rotatable bonds is 8. The van der Waals surface area contributed by atoms with Crippen molar-refractivity contribution in [1.29, 1.82) is 0 Å². The molecule has 0 aliphatic rings. The Labute approximate surface area is 171 Å². The minimum atomic E-state index is -0.794. The first-order chi connectivity index (χ1) is 13.5. The van der Waals surface area contributed by atoms with Crippen molar-refractivity contribution in [3.8, 4) is 5.75 Å². The lowest BCUT2D eigenvalue weighted by molar-refractivity contribution is -0.120. The molecule has 0 heterocycles. The summed E-state index contributed by atoms with van der Waals surface area (Å²) < 4.78 is 10.5. The van der Waals surface area contributed by atoms with Gasteiger partial charge in [-0.2, -0.15) is 0 Å². The Morgan fingerprint density at radius 1 is 0.964 bits per heavy atom. The van der Waals surface area contributed by atoms with Crippen LogP contribution in [0.15, 0.2) is 53.0 Å². The van der Waals surface area contributed by atoms with Crippen LogP contribution in [-0.2, 0) is 16.0 Å². The summed E-state index contributed by atoms with van der Waals surface area (Å²) in [7, 11) is 0. The molecule has 2 rings (SSSR count). The van der Waals surface area contributed by atoms with Crippen LogP contribution in [0.2, 0.25) is 0 Å². The third-order valence-corrected chi connectivity index (χ3v) is 4.40. The maximum absolute atomic E-state index is 12.1. The maximum atomic E-state index is 12.1. The lowest BCUT2D eigenvalue weighted by Gasteiger charge is -2.09. The van der Waals surface area contributed by atoms with Crippen molar-refractivity contribution in [2.75, 3.05) is 19.7 Å². The summed E-state index contributed by atoms with van der Waals surface area (Å²) in [6.07, 6.45) is -0.532. The number of amides is 2. The first-order valence-electron chi connectivity index (χ1n) is 8.72. The van der Waals surface area contributed by atoms with Crippen LogP contribution < -0.4 is 15.4 Å². The SMILES string of the molecule is CCOC(=O)Oc1ccc(C(=O)NCCNC(=O)Cc2ccccc2Br)cc1. The van der Waals surface area contributed by atoms with Crippen molar-refractivity contribution in [3.63, 3.8) is 0 Å². The summed E-state index contributed by atoms with van der Waals surface area (Å²) in [6, 6.07) is 13.6. The molecule has 0 unspecified atom stereocenters. The van der Waals surface area contributed by atoms with Gasteiger partial charge in [0, 0.05) is 23.1 Å². The molecule has 2 aromatic rings. The third-order valence-electron chi connectivity index (χ3n) is 3.62. The largest absolute Gasteiger partial charge is 0.513 e. The van der Waals surface area contributed by atoms with E-state index in [0.29, 0.717) is 18.7 Å². The summed E-state index contributed by atoms with van der Waals surface area (Å²) in [6.45, 7) is 2.51. The molecule has 2 aromatic carbocycles. The standard InChI is InChI=1S/C20H21BrN2O5/c1-2-27-20(26)28-16-9-7-14(8-10-16)19(25)23-12-11-22-18(24)13-15-5-3-4-6-17(15)21/h3-10H,2,11-13H2,1H3,(H,22,24)(H,23,25). The van der Waals surface area contributed by atoms with Gasteiger partial charge in [-0.05, 0) is 42.8 Å². The summed E-state index contributed by atoms with van der Waals surface area (Å²) in [5, 5.41) is 5.48. The highest BCUT2D eigenvalue weighted by atomic mass is 79.9. The zero-order chi connectivity index (χ0) is 20.4. The quantitative estimate of drug-likeness (QED) is 0.367. The monoisotopic (exact) mass is 448 g/mol. The molecule has 0 aromatic heterocycles. The van der Waals surface area contributed by atoms with Gasteiger partial charge >= 0.3 is 6.16 Å². The molecule has 0 saturated carbocycles. The highest BCUT2D eigenvalue weighted by molar-refractivity contribution is 9.10. The Hall–Kier alpha value is -2.87. The Kier molecular flexibility index (Phi) is 8.48. The van der Waals surface area contributed by atoms with Crippen LogP contribution in [0.4, 0.5) is 4.79 Å². The first-order valence-corrected chi connectivity index (χ1v) is 9.52. The lowest BCUT2D eigenvalue weighted by atomic mass is 10.1. The highest BCUT2D eigenvalue weighted by Crippen LogP contribution is 2.16. The fraction of sp³-hybridized carbons (Fsp3) is 0.250. The smallest absolute Gasteiger partial charge is 0.434 e. The molecule has 2 N–H and O–H groups in total. The maximum Gasteiger partial charge on any atom is 0.513 e. The van der Waals surface area contributed by atoms with Gasteiger partial charge in [0.1, 0.15) is 5.75 Å². The minimum Gasteiger partial charge on any atom is -0.434 e. The van der Waals surface area contributed by atoms with Crippen molar-refractivity contribution in [2.24, 2.45) is 0 Å². The van der Waals surface area contributed by atoms with Crippen LogP contribution in [0.25, 0.3) is 0 Å². The predicted molar refractivity (Wildman–Crippen MR) is 107 cm³/mol. The Morgan fingerprint density at radius 2 is 1.64 bits per heavy atom. The summed E-state index contributed by atoms with van der Waals surface area (Å²) in [5.74, 6) is -0.126. The van der Waals surface area contributed by atoms with E-state index in [4.69, 9.17) is 4.74 Å². The fourth-order valence-corrected chi connectivity index (χ4v) is 2.70. The number of benzene rings is 2. The molecule has 2 amide bonds. The van der Waals surface area contributed by atoms with Gasteiger partial charge in [-0.15, -0.1) is 0 Å². The van der Waals surface area contributed by atoms with Gasteiger partial charge in [-0.25, -0.2) is 4.79 Å². The summed E-state index contributed by atoms with van der Waals surface area (Å²) in [5.41, 5.74) is 1.31. The van der Waals surface area contributed by atoms with Gasteiger partial charge < -0.3 is 20.1 Å². The molecule has 0 radical (unpaired) electrons. The van der Waals surface area contributed by atoms with E-state index >= 15 is 0 Å². The van der Waals surface area contributed by atoms with Gasteiger partial charge in [0.2, 0.25) is 5.91 Å². The van der Waals surface area contributed by atoms with Crippen molar-refractivity contribution in [2.45, 2.75) is 13.3 Å². The Morgan fingerprint density at radius 3 is 2.32 bits per heavy atom. The molecular weight excluding hydrogens is 428 g/mol. The number of carbonyl (C=O) groups is 3. The molecule has 148 valence electrons. The number of ether oxygens (including phenoxy) is 2. The summed E-state index contributed by atoms with van der Waals surface area (Å²) >= 11 is 3.41. The molecule has 28 heavy (non-hydrogen) atoms. The van der Waals surface area contributed by atoms with Gasteiger partial charge in [-0.1, -0.05) is 34.1 Å². The second-order valence-corrected chi connectivity index (χ2v) is 6.54. The normalized spacial score (nSPS) is 10.1. The molecule has 0 atom stereocenters. The second-order valence-electron chi connectivity index (χ2n) is 5.68. The van der Waals surface area contributed by atoms with Crippen molar-refractivity contribution >= 4 is 33.9 Å². The van der Waals surface area contributed by atoms with E-state index in [1.54, 1.807) is 6.92 Å². The van der Waals surface area contributed by atoms with E-state index in [1.807, 2.05) is 24.3 Å². The molecule has 8 heteroatoms. The number of carbonyl (C=O) groups excluding carboxylic acids is 3. The fourth-order valence-electron chi connectivity index (χ4n) is 2.28. The van der Waals surface area contributed by atoms with Crippen molar-refractivity contribution in [3.05, 3.63) is 64.1 Å². The molecule has 0 saturated heterocycles. The molecule has 0 fully saturated rings. The van der Waals surface area contributed by atoms with E-state index in [1.165, 1.54) is 24.3 Å². The molecule has 0 aliphatic heterocycles. The number of hydrogen-bond acceptors (Lipinski definition) is 5. The van der Waals surface area contributed by atoms with Crippen molar-refractivity contribution < 1.29 is 23.9 Å². The Bertz CT molecular complexity index is 824. The Balaban J connectivity index is 1.71. The van der Waals surface area contributed by atoms with Crippen LogP contribution in [0.5, 0.6) is 5.75 Å². The lowest BCUT2D eigenvalue weighted by Crippen LogP contribution is -2.35. The van der Waals surface area contributed by atoms with Crippen LogP contribution in [-0.4, -0.2) is 37.7 Å². The predicted octanol–water partition coefficient (Wildman–Crippen LogP) is 3.07.